The molecule has 1 saturated carbocycles. The third kappa shape index (κ3) is 4.03. The van der Waals surface area contributed by atoms with Gasteiger partial charge in [-0.1, -0.05) is 6.07 Å². The van der Waals surface area contributed by atoms with E-state index in [4.69, 9.17) is 0 Å². The van der Waals surface area contributed by atoms with Gasteiger partial charge in [-0.15, -0.1) is 10.2 Å². The number of fused-ring (bicyclic) bond motifs is 1. The average molecular weight is 451 g/mol. The molecule has 0 radical (unpaired) electrons. The summed E-state index contributed by atoms with van der Waals surface area (Å²) in [5, 5.41) is 7.89. The third-order valence-electron chi connectivity index (χ3n) is 6.21. The van der Waals surface area contributed by atoms with Crippen LogP contribution in [0.15, 0.2) is 30.5 Å². The summed E-state index contributed by atoms with van der Waals surface area (Å²) in [6.45, 7) is 1.48. The lowest BCUT2D eigenvalue weighted by Crippen LogP contribution is -2.46. The Morgan fingerprint density at radius 3 is 2.25 bits per heavy atom. The number of para-hydroxylation sites is 1. The first kappa shape index (κ1) is 21.1. The molecule has 0 amide bonds. The van der Waals surface area contributed by atoms with Crippen molar-refractivity contribution in [3.63, 3.8) is 0 Å². The summed E-state index contributed by atoms with van der Waals surface area (Å²) in [7, 11) is 0. The van der Waals surface area contributed by atoms with Gasteiger partial charge in [0.1, 0.15) is 28.7 Å². The van der Waals surface area contributed by atoms with E-state index >= 15 is 0 Å². The van der Waals surface area contributed by atoms with Crippen molar-refractivity contribution in [1.82, 2.24) is 19.5 Å². The fraction of sp³-hybridized carbons (Fsp3) is 0.455. The first-order valence-corrected chi connectivity index (χ1v) is 10.7. The standard InChI is InChI=1S/C22H22F5N5/c23-16-2-1-3-17(24)20(16)31-10-8-30(9-11-31)13-15-6-7-32-18(12-14-4-5-14)28-29-21(32)19(15)22(25,26)27/h1-3,6-7,14H,4-5,8-13H2. The van der Waals surface area contributed by atoms with E-state index in [-0.39, 0.29) is 23.4 Å². The first-order chi connectivity index (χ1) is 15.3. The highest BCUT2D eigenvalue weighted by Crippen LogP contribution is 2.37. The molecule has 1 aromatic carbocycles. The molecule has 0 bridgehead atoms. The Morgan fingerprint density at radius 1 is 0.938 bits per heavy atom. The number of piperazine rings is 1. The van der Waals surface area contributed by atoms with Crippen molar-refractivity contribution >= 4 is 11.3 Å². The molecule has 3 heterocycles. The predicted molar refractivity (Wildman–Crippen MR) is 108 cm³/mol. The first-order valence-electron chi connectivity index (χ1n) is 10.7. The van der Waals surface area contributed by atoms with Gasteiger partial charge < -0.3 is 4.90 Å². The second kappa shape index (κ2) is 7.99. The number of aromatic nitrogens is 3. The molecule has 0 unspecified atom stereocenters. The third-order valence-corrected chi connectivity index (χ3v) is 6.21. The summed E-state index contributed by atoms with van der Waals surface area (Å²) in [5.74, 6) is -0.249. The van der Waals surface area contributed by atoms with Gasteiger partial charge in [0.25, 0.3) is 0 Å². The zero-order valence-electron chi connectivity index (χ0n) is 17.2. The van der Waals surface area contributed by atoms with Crippen LogP contribution in [0.5, 0.6) is 0 Å². The van der Waals surface area contributed by atoms with Crippen LogP contribution in [0.1, 0.15) is 29.8 Å². The molecule has 2 aromatic heterocycles. The van der Waals surface area contributed by atoms with E-state index in [1.165, 1.54) is 28.7 Å². The van der Waals surface area contributed by atoms with Crippen molar-refractivity contribution in [3.05, 3.63) is 59.0 Å². The van der Waals surface area contributed by atoms with Crippen LogP contribution < -0.4 is 4.90 Å². The Kier molecular flexibility index (Phi) is 5.27. The molecule has 1 aliphatic heterocycles. The van der Waals surface area contributed by atoms with Crippen molar-refractivity contribution < 1.29 is 22.0 Å². The molecule has 5 rings (SSSR count). The summed E-state index contributed by atoms with van der Waals surface area (Å²) in [5.41, 5.74) is -0.896. The minimum atomic E-state index is -4.57. The van der Waals surface area contributed by atoms with Gasteiger partial charge in [0, 0.05) is 45.3 Å². The van der Waals surface area contributed by atoms with Crippen molar-refractivity contribution in [2.45, 2.75) is 32.0 Å². The van der Waals surface area contributed by atoms with Gasteiger partial charge in [-0.05, 0) is 42.5 Å². The number of benzene rings is 1. The van der Waals surface area contributed by atoms with E-state index in [0.29, 0.717) is 44.3 Å². The number of hydrogen-bond donors (Lipinski definition) is 0. The van der Waals surface area contributed by atoms with Gasteiger partial charge >= 0.3 is 6.18 Å². The summed E-state index contributed by atoms with van der Waals surface area (Å²) >= 11 is 0. The fourth-order valence-corrected chi connectivity index (χ4v) is 4.36. The van der Waals surface area contributed by atoms with Gasteiger partial charge in [-0.3, -0.25) is 9.30 Å². The van der Waals surface area contributed by atoms with Crippen LogP contribution in [-0.2, 0) is 19.1 Å². The Balaban J connectivity index is 1.36. The number of rotatable bonds is 5. The van der Waals surface area contributed by atoms with Crippen LogP contribution in [0.3, 0.4) is 0 Å². The van der Waals surface area contributed by atoms with Gasteiger partial charge in [-0.2, -0.15) is 13.2 Å². The lowest BCUT2D eigenvalue weighted by Gasteiger charge is -2.36. The van der Waals surface area contributed by atoms with Gasteiger partial charge in [0.05, 0.1) is 0 Å². The molecule has 32 heavy (non-hydrogen) atoms. The minimum Gasteiger partial charge on any atom is -0.364 e. The maximum Gasteiger partial charge on any atom is 0.420 e. The average Bonchev–Trinajstić information content (AvgIpc) is 3.47. The fourth-order valence-electron chi connectivity index (χ4n) is 4.36. The summed E-state index contributed by atoms with van der Waals surface area (Å²) < 4.78 is 71.6. The normalized spacial score (nSPS) is 18.0. The quantitative estimate of drug-likeness (QED) is 0.542. The smallest absolute Gasteiger partial charge is 0.364 e. The molecule has 5 nitrogen and oxygen atoms in total. The van der Waals surface area contributed by atoms with Crippen molar-refractivity contribution in [2.24, 2.45) is 5.92 Å². The molecule has 170 valence electrons. The van der Waals surface area contributed by atoms with E-state index in [9.17, 15) is 22.0 Å². The van der Waals surface area contributed by atoms with Crippen LogP contribution in [0.25, 0.3) is 5.65 Å². The molecule has 10 heteroatoms. The summed E-state index contributed by atoms with van der Waals surface area (Å²) in [6.07, 6.45) is -0.182. The van der Waals surface area contributed by atoms with E-state index in [1.54, 1.807) is 11.1 Å². The van der Waals surface area contributed by atoms with Gasteiger partial charge in [-0.25, -0.2) is 8.78 Å². The van der Waals surface area contributed by atoms with Crippen LogP contribution in [0.2, 0.25) is 0 Å². The number of pyridine rings is 1. The molecule has 0 N–H and O–H groups in total. The molecular weight excluding hydrogens is 429 g/mol. The molecule has 1 aliphatic carbocycles. The number of halogens is 5. The molecule has 2 aliphatic rings. The lowest BCUT2D eigenvalue weighted by atomic mass is 10.1. The van der Waals surface area contributed by atoms with Crippen LogP contribution in [0.4, 0.5) is 27.6 Å². The highest BCUT2D eigenvalue weighted by Gasteiger charge is 2.38. The molecule has 1 saturated heterocycles. The summed E-state index contributed by atoms with van der Waals surface area (Å²) in [4.78, 5) is 3.45. The second-order valence-corrected chi connectivity index (χ2v) is 8.50. The Morgan fingerprint density at radius 2 is 1.62 bits per heavy atom. The second-order valence-electron chi connectivity index (χ2n) is 8.50. The lowest BCUT2D eigenvalue weighted by molar-refractivity contribution is -0.137. The van der Waals surface area contributed by atoms with Crippen LogP contribution in [-0.4, -0.2) is 45.7 Å². The molecular formula is C22H22F5N5. The van der Waals surface area contributed by atoms with Gasteiger partial charge in [0.2, 0.25) is 0 Å². The van der Waals surface area contributed by atoms with E-state index in [1.807, 2.05) is 4.90 Å². The highest BCUT2D eigenvalue weighted by atomic mass is 19.4. The molecule has 0 spiro atoms. The maximum absolute atomic E-state index is 14.1. The number of hydrogen-bond acceptors (Lipinski definition) is 4. The Bertz CT molecular complexity index is 1110. The topological polar surface area (TPSA) is 36.7 Å². The Labute approximate surface area is 181 Å². The van der Waals surface area contributed by atoms with Crippen molar-refractivity contribution in [3.8, 4) is 0 Å². The number of nitrogens with zero attached hydrogens (tertiary/aromatic N) is 5. The monoisotopic (exact) mass is 451 g/mol. The van der Waals surface area contributed by atoms with E-state index < -0.39 is 23.4 Å². The molecule has 0 atom stereocenters. The SMILES string of the molecule is Fc1cccc(F)c1N1CCN(Cc2ccn3c(CC4CC4)nnc3c2C(F)(F)F)CC1. The van der Waals surface area contributed by atoms with Gasteiger partial charge in [0.15, 0.2) is 5.65 Å². The van der Waals surface area contributed by atoms with E-state index in [2.05, 4.69) is 10.2 Å². The Hall–Kier alpha value is -2.75. The highest BCUT2D eigenvalue weighted by molar-refractivity contribution is 5.54. The molecule has 3 aromatic rings. The van der Waals surface area contributed by atoms with E-state index in [0.717, 1.165) is 12.8 Å². The predicted octanol–water partition coefficient (Wildman–Crippen LogP) is 4.30. The zero-order chi connectivity index (χ0) is 22.5. The van der Waals surface area contributed by atoms with Crippen molar-refractivity contribution in [1.29, 1.82) is 0 Å². The van der Waals surface area contributed by atoms with Crippen LogP contribution >= 0.6 is 0 Å². The number of alkyl halides is 3. The largest absolute Gasteiger partial charge is 0.420 e. The minimum absolute atomic E-state index is 0.0732. The molecule has 2 fully saturated rings. The van der Waals surface area contributed by atoms with Crippen LogP contribution in [0, 0.1) is 17.6 Å². The number of anilines is 1. The zero-order valence-corrected chi connectivity index (χ0v) is 17.2. The maximum atomic E-state index is 14.1. The summed E-state index contributed by atoms with van der Waals surface area (Å²) in [6, 6.07) is 5.19. The van der Waals surface area contributed by atoms with Crippen molar-refractivity contribution in [2.75, 3.05) is 31.1 Å².